The van der Waals surface area contributed by atoms with Crippen molar-refractivity contribution in [2.45, 2.75) is 6.92 Å². The first-order chi connectivity index (χ1) is 8.09. The van der Waals surface area contributed by atoms with Crippen LogP contribution in [0.2, 0.25) is 0 Å². The summed E-state index contributed by atoms with van der Waals surface area (Å²) in [7, 11) is 0. The maximum absolute atomic E-state index is 12.2. The van der Waals surface area contributed by atoms with Crippen molar-refractivity contribution < 1.29 is 9.90 Å². The Morgan fingerprint density at radius 2 is 1.82 bits per heavy atom. The maximum atomic E-state index is 12.2. The fourth-order valence-corrected chi connectivity index (χ4v) is 1.84. The molecule has 0 radical (unpaired) electrons. The van der Waals surface area contributed by atoms with Gasteiger partial charge < -0.3 is 10.8 Å². The molecule has 2 aromatic rings. The SMILES string of the molecule is Cc1cc(O)cc(N)c1C(=O)c1ccccc1. The van der Waals surface area contributed by atoms with Gasteiger partial charge in [-0.05, 0) is 18.6 Å². The second kappa shape index (κ2) is 4.29. The zero-order valence-electron chi connectivity index (χ0n) is 9.47. The van der Waals surface area contributed by atoms with Gasteiger partial charge in [-0.15, -0.1) is 0 Å². The number of carbonyl (C=O) groups is 1. The van der Waals surface area contributed by atoms with Gasteiger partial charge in [0.25, 0.3) is 0 Å². The molecule has 3 nitrogen and oxygen atoms in total. The van der Waals surface area contributed by atoms with E-state index in [0.717, 1.165) is 0 Å². The van der Waals surface area contributed by atoms with Crippen molar-refractivity contribution in [3.05, 3.63) is 59.2 Å². The fourth-order valence-electron chi connectivity index (χ4n) is 1.84. The Labute approximate surface area is 99.5 Å². The third-order valence-corrected chi connectivity index (χ3v) is 2.61. The van der Waals surface area contributed by atoms with Gasteiger partial charge in [0.2, 0.25) is 0 Å². The van der Waals surface area contributed by atoms with Crippen molar-refractivity contribution in [2.24, 2.45) is 0 Å². The molecule has 0 saturated heterocycles. The number of anilines is 1. The van der Waals surface area contributed by atoms with Crippen LogP contribution in [0.3, 0.4) is 0 Å². The minimum atomic E-state index is -0.124. The molecule has 2 aromatic carbocycles. The van der Waals surface area contributed by atoms with Crippen LogP contribution in [-0.2, 0) is 0 Å². The number of nitrogens with two attached hydrogens (primary N) is 1. The van der Waals surface area contributed by atoms with Gasteiger partial charge in [0.1, 0.15) is 5.75 Å². The predicted molar refractivity (Wildman–Crippen MR) is 67.1 cm³/mol. The van der Waals surface area contributed by atoms with Crippen LogP contribution in [-0.4, -0.2) is 10.9 Å². The van der Waals surface area contributed by atoms with E-state index in [1.54, 1.807) is 31.2 Å². The minimum Gasteiger partial charge on any atom is -0.508 e. The summed E-state index contributed by atoms with van der Waals surface area (Å²) in [5.74, 6) is -0.0507. The summed E-state index contributed by atoms with van der Waals surface area (Å²) >= 11 is 0. The van der Waals surface area contributed by atoms with Crippen molar-refractivity contribution in [1.29, 1.82) is 0 Å². The highest BCUT2D eigenvalue weighted by Crippen LogP contribution is 2.25. The molecule has 0 heterocycles. The number of rotatable bonds is 2. The van der Waals surface area contributed by atoms with E-state index in [0.29, 0.717) is 22.4 Å². The van der Waals surface area contributed by atoms with Gasteiger partial charge in [0, 0.05) is 22.9 Å². The van der Waals surface area contributed by atoms with Crippen LogP contribution >= 0.6 is 0 Å². The quantitative estimate of drug-likeness (QED) is 0.612. The summed E-state index contributed by atoms with van der Waals surface area (Å²) in [4.78, 5) is 12.2. The van der Waals surface area contributed by atoms with Gasteiger partial charge in [0.15, 0.2) is 5.78 Å². The number of benzene rings is 2. The standard InChI is InChI=1S/C14H13NO2/c1-9-7-11(16)8-12(15)13(9)14(17)10-5-3-2-4-6-10/h2-8,16H,15H2,1H3. The zero-order valence-corrected chi connectivity index (χ0v) is 9.47. The van der Waals surface area contributed by atoms with Crippen LogP contribution in [0.15, 0.2) is 42.5 Å². The number of aromatic hydroxyl groups is 1. The molecule has 0 amide bonds. The number of hydrogen-bond donors (Lipinski definition) is 2. The minimum absolute atomic E-state index is 0.0737. The highest BCUT2D eigenvalue weighted by molar-refractivity contribution is 6.13. The molecule has 0 bridgehead atoms. The number of hydrogen-bond acceptors (Lipinski definition) is 3. The molecule has 0 spiro atoms. The Morgan fingerprint density at radius 3 is 2.41 bits per heavy atom. The molecule has 0 saturated carbocycles. The lowest BCUT2D eigenvalue weighted by atomic mass is 9.97. The molecule has 3 heteroatoms. The first-order valence-electron chi connectivity index (χ1n) is 5.28. The summed E-state index contributed by atoms with van der Waals surface area (Å²) < 4.78 is 0. The molecular formula is C14H13NO2. The van der Waals surface area contributed by atoms with E-state index in [4.69, 9.17) is 5.73 Å². The molecule has 0 aliphatic heterocycles. The zero-order chi connectivity index (χ0) is 12.4. The third-order valence-electron chi connectivity index (χ3n) is 2.61. The lowest BCUT2D eigenvalue weighted by Gasteiger charge is -2.09. The Hall–Kier alpha value is -2.29. The van der Waals surface area contributed by atoms with E-state index in [-0.39, 0.29) is 11.5 Å². The largest absolute Gasteiger partial charge is 0.508 e. The average Bonchev–Trinajstić information content (AvgIpc) is 2.28. The Balaban J connectivity index is 2.52. The highest BCUT2D eigenvalue weighted by Gasteiger charge is 2.15. The Morgan fingerprint density at radius 1 is 1.18 bits per heavy atom. The highest BCUT2D eigenvalue weighted by atomic mass is 16.3. The van der Waals surface area contributed by atoms with Crippen LogP contribution < -0.4 is 5.73 Å². The summed E-state index contributed by atoms with van der Waals surface area (Å²) in [6, 6.07) is 11.9. The van der Waals surface area contributed by atoms with Crippen LogP contribution in [0.5, 0.6) is 5.75 Å². The number of nitrogen functional groups attached to an aromatic ring is 1. The topological polar surface area (TPSA) is 63.3 Å². The van der Waals surface area contributed by atoms with Gasteiger partial charge >= 0.3 is 0 Å². The first-order valence-corrected chi connectivity index (χ1v) is 5.28. The molecule has 0 aromatic heterocycles. The molecule has 86 valence electrons. The van der Waals surface area contributed by atoms with Gasteiger partial charge in [-0.2, -0.15) is 0 Å². The van der Waals surface area contributed by atoms with E-state index in [1.807, 2.05) is 6.07 Å². The Kier molecular flexibility index (Phi) is 2.83. The van der Waals surface area contributed by atoms with Crippen molar-refractivity contribution in [1.82, 2.24) is 0 Å². The van der Waals surface area contributed by atoms with E-state index < -0.39 is 0 Å². The van der Waals surface area contributed by atoms with Crippen molar-refractivity contribution in [2.75, 3.05) is 5.73 Å². The van der Waals surface area contributed by atoms with E-state index >= 15 is 0 Å². The van der Waals surface area contributed by atoms with Gasteiger partial charge in [-0.25, -0.2) is 0 Å². The molecule has 17 heavy (non-hydrogen) atoms. The number of carbonyl (C=O) groups excluding carboxylic acids is 1. The van der Waals surface area contributed by atoms with Gasteiger partial charge in [-0.1, -0.05) is 30.3 Å². The molecule has 2 rings (SSSR count). The number of phenols is 1. The Bertz CT molecular complexity index is 539. The van der Waals surface area contributed by atoms with Gasteiger partial charge in [0.05, 0.1) is 0 Å². The van der Waals surface area contributed by atoms with Crippen LogP contribution in [0, 0.1) is 6.92 Å². The van der Waals surface area contributed by atoms with Crippen LogP contribution in [0.4, 0.5) is 5.69 Å². The van der Waals surface area contributed by atoms with Crippen LogP contribution in [0.1, 0.15) is 21.5 Å². The number of phenolic OH excluding ortho intramolecular Hbond substituents is 1. The fraction of sp³-hybridized carbons (Fsp3) is 0.0714. The van der Waals surface area contributed by atoms with Crippen LogP contribution in [0.25, 0.3) is 0 Å². The van der Waals surface area contributed by atoms with E-state index in [1.165, 1.54) is 12.1 Å². The second-order valence-electron chi connectivity index (χ2n) is 3.92. The van der Waals surface area contributed by atoms with Gasteiger partial charge in [-0.3, -0.25) is 4.79 Å². The van der Waals surface area contributed by atoms with Crippen molar-refractivity contribution >= 4 is 11.5 Å². The van der Waals surface area contributed by atoms with Crippen molar-refractivity contribution in [3.63, 3.8) is 0 Å². The molecular weight excluding hydrogens is 214 g/mol. The summed E-state index contributed by atoms with van der Waals surface area (Å²) in [6.07, 6.45) is 0. The number of aryl methyl sites for hydroxylation is 1. The summed E-state index contributed by atoms with van der Waals surface area (Å²) in [5, 5.41) is 9.38. The average molecular weight is 227 g/mol. The lowest BCUT2D eigenvalue weighted by Crippen LogP contribution is -2.07. The molecule has 3 N–H and O–H groups in total. The predicted octanol–water partition coefficient (Wildman–Crippen LogP) is 2.51. The first kappa shape index (κ1) is 11.2. The van der Waals surface area contributed by atoms with Crippen molar-refractivity contribution in [3.8, 4) is 5.75 Å². The molecule has 0 aliphatic carbocycles. The molecule has 0 aliphatic rings. The normalized spacial score (nSPS) is 10.2. The lowest BCUT2D eigenvalue weighted by molar-refractivity contribution is 0.103. The van der Waals surface area contributed by atoms with E-state index in [9.17, 15) is 9.90 Å². The third kappa shape index (κ3) is 2.13. The summed E-state index contributed by atoms with van der Waals surface area (Å²) in [6.45, 7) is 1.76. The maximum Gasteiger partial charge on any atom is 0.195 e. The monoisotopic (exact) mass is 227 g/mol. The summed E-state index contributed by atoms with van der Waals surface area (Å²) in [5.41, 5.74) is 7.80. The molecule has 0 fully saturated rings. The smallest absolute Gasteiger partial charge is 0.195 e. The number of ketones is 1. The van der Waals surface area contributed by atoms with E-state index in [2.05, 4.69) is 0 Å². The molecule has 0 unspecified atom stereocenters. The molecule has 0 atom stereocenters. The second-order valence-corrected chi connectivity index (χ2v) is 3.92.